The van der Waals surface area contributed by atoms with Gasteiger partial charge < -0.3 is 19.3 Å². The van der Waals surface area contributed by atoms with Crippen LogP contribution in [0, 0.1) is 0 Å². The second kappa shape index (κ2) is 15.9. The lowest BCUT2D eigenvalue weighted by Gasteiger charge is -1.96. The first-order chi connectivity index (χ1) is 9.35. The topological polar surface area (TPSA) is 57.8 Å². The molecule has 1 atom stereocenters. The van der Waals surface area contributed by atoms with Crippen LogP contribution < -0.4 is 0 Å². The molecule has 0 saturated carbocycles. The lowest BCUT2D eigenvalue weighted by atomic mass is 10.1. The van der Waals surface area contributed by atoms with Crippen molar-refractivity contribution in [3.8, 4) is 0 Å². The highest BCUT2D eigenvalue weighted by Crippen LogP contribution is 2.17. The third-order valence-corrected chi connectivity index (χ3v) is 2.44. The first-order valence-electron chi connectivity index (χ1n) is 7.73. The van der Waals surface area contributed by atoms with Crippen molar-refractivity contribution in [1.82, 2.24) is 0 Å². The van der Waals surface area contributed by atoms with E-state index >= 15 is 0 Å². The smallest absolute Gasteiger partial charge is 0.0810 e. The number of aliphatic hydroxyl groups is 1. The minimum Gasteiger partial charge on any atom is -0.397 e. The number of hydrogen-bond donors (Lipinski definition) is 1. The Kier molecular flexibility index (Phi) is 15.8. The van der Waals surface area contributed by atoms with Crippen molar-refractivity contribution in [2.75, 3.05) is 39.6 Å². The van der Waals surface area contributed by atoms with Gasteiger partial charge in [0.25, 0.3) is 0 Å². The second-order valence-electron chi connectivity index (χ2n) is 4.70. The molecule has 3 aliphatic rings. The summed E-state index contributed by atoms with van der Waals surface area (Å²) in [6.07, 6.45) is 8.93. The van der Waals surface area contributed by atoms with E-state index in [1.807, 2.05) is 0 Å². The van der Waals surface area contributed by atoms with Gasteiger partial charge in [-0.15, -0.1) is 0 Å². The maximum Gasteiger partial charge on any atom is 0.0810 e. The fourth-order valence-corrected chi connectivity index (χ4v) is 1.21. The monoisotopic (exact) mass is 276 g/mol. The minimum atomic E-state index is 0.250. The summed E-state index contributed by atoms with van der Waals surface area (Å²) in [5.41, 5.74) is 0. The van der Waals surface area contributed by atoms with Gasteiger partial charge in [0.2, 0.25) is 0 Å². The standard InChI is InChI=1S/C9H18O.2C2H4O.C2H6O/c1-2-3-4-5-6-7-9-8-10-9;2*1-2-3-1;1-2-3/h9H,2-8H2,1H3;2*1-2H2;3H,2H2,1H3. The molecule has 0 aromatic rings. The van der Waals surface area contributed by atoms with E-state index < -0.39 is 0 Å². The molecule has 19 heavy (non-hydrogen) atoms. The lowest BCUT2D eigenvalue weighted by molar-refractivity contribution is 0.318. The number of unbranched alkanes of at least 4 members (excludes halogenated alkanes) is 4. The Morgan fingerprint density at radius 1 is 0.895 bits per heavy atom. The molecule has 4 heteroatoms. The van der Waals surface area contributed by atoms with Crippen LogP contribution in [0.25, 0.3) is 0 Å². The van der Waals surface area contributed by atoms with Gasteiger partial charge in [0.1, 0.15) is 0 Å². The van der Waals surface area contributed by atoms with Crippen LogP contribution in [0.4, 0.5) is 0 Å². The Hall–Kier alpha value is -0.160. The molecule has 1 N–H and O–H groups in total. The maximum atomic E-state index is 7.57. The van der Waals surface area contributed by atoms with Crippen LogP contribution in [0.3, 0.4) is 0 Å². The van der Waals surface area contributed by atoms with Crippen LogP contribution in [0.5, 0.6) is 0 Å². The quantitative estimate of drug-likeness (QED) is 0.598. The molecule has 3 saturated heterocycles. The van der Waals surface area contributed by atoms with E-state index in [-0.39, 0.29) is 6.61 Å². The lowest BCUT2D eigenvalue weighted by Crippen LogP contribution is -1.84. The van der Waals surface area contributed by atoms with Gasteiger partial charge in [0, 0.05) is 6.61 Å². The predicted molar refractivity (Wildman–Crippen MR) is 77.5 cm³/mol. The molecule has 1 unspecified atom stereocenters. The van der Waals surface area contributed by atoms with Crippen molar-refractivity contribution in [1.29, 1.82) is 0 Å². The summed E-state index contributed by atoms with van der Waals surface area (Å²) < 4.78 is 14.1. The predicted octanol–water partition coefficient (Wildman–Crippen LogP) is 2.78. The SMILES string of the molecule is C1CO1.C1CO1.CCCCCCCC1CO1.CCO. The fourth-order valence-electron chi connectivity index (χ4n) is 1.21. The van der Waals surface area contributed by atoms with E-state index in [4.69, 9.17) is 9.84 Å². The summed E-state index contributed by atoms with van der Waals surface area (Å²) >= 11 is 0. The van der Waals surface area contributed by atoms with Gasteiger partial charge in [0.05, 0.1) is 39.1 Å². The molecule has 0 spiro atoms. The zero-order valence-electron chi connectivity index (χ0n) is 12.7. The van der Waals surface area contributed by atoms with Crippen LogP contribution in [-0.2, 0) is 14.2 Å². The van der Waals surface area contributed by atoms with Crippen LogP contribution in [0.15, 0.2) is 0 Å². The molecule has 0 aromatic heterocycles. The van der Waals surface area contributed by atoms with Gasteiger partial charge in [0.15, 0.2) is 0 Å². The van der Waals surface area contributed by atoms with Crippen molar-refractivity contribution >= 4 is 0 Å². The van der Waals surface area contributed by atoms with Crippen LogP contribution in [-0.4, -0.2) is 50.9 Å². The maximum absolute atomic E-state index is 7.57. The largest absolute Gasteiger partial charge is 0.397 e. The van der Waals surface area contributed by atoms with Crippen molar-refractivity contribution in [2.45, 2.75) is 58.5 Å². The summed E-state index contributed by atoms with van der Waals surface area (Å²) in [6, 6.07) is 0. The number of aliphatic hydroxyl groups excluding tert-OH is 1. The molecule has 3 fully saturated rings. The van der Waals surface area contributed by atoms with Crippen LogP contribution >= 0.6 is 0 Å². The fraction of sp³-hybridized carbons (Fsp3) is 1.00. The highest BCUT2D eigenvalue weighted by Gasteiger charge is 2.20. The molecule has 116 valence electrons. The van der Waals surface area contributed by atoms with Crippen molar-refractivity contribution in [3.63, 3.8) is 0 Å². The van der Waals surface area contributed by atoms with E-state index in [9.17, 15) is 0 Å². The molecule has 0 aromatic carbocycles. The van der Waals surface area contributed by atoms with E-state index in [0.29, 0.717) is 6.10 Å². The van der Waals surface area contributed by atoms with Gasteiger partial charge in [-0.2, -0.15) is 0 Å². The molecule has 3 aliphatic heterocycles. The number of epoxide rings is 3. The average molecular weight is 276 g/mol. The van der Waals surface area contributed by atoms with Gasteiger partial charge in [-0.1, -0.05) is 39.0 Å². The summed E-state index contributed by atoms with van der Waals surface area (Å²) in [7, 11) is 0. The Bertz CT molecular complexity index is 145. The minimum absolute atomic E-state index is 0.250. The van der Waals surface area contributed by atoms with Crippen LogP contribution in [0.2, 0.25) is 0 Å². The molecule has 0 bridgehead atoms. The average Bonchev–Trinajstić information content (AvgIpc) is 3.23. The molecular formula is C15H32O4. The highest BCUT2D eigenvalue weighted by atomic mass is 16.6. The normalized spacial score (nSPS) is 20.7. The highest BCUT2D eigenvalue weighted by molar-refractivity contribution is 4.67. The van der Waals surface area contributed by atoms with Gasteiger partial charge in [-0.3, -0.25) is 0 Å². The molecule has 3 heterocycles. The summed E-state index contributed by atoms with van der Waals surface area (Å²) in [6.45, 7) is 9.22. The molecule has 0 amide bonds. The zero-order valence-corrected chi connectivity index (χ0v) is 12.7. The Morgan fingerprint density at radius 3 is 1.63 bits per heavy atom. The second-order valence-corrected chi connectivity index (χ2v) is 4.70. The number of ether oxygens (including phenoxy) is 3. The summed E-state index contributed by atoms with van der Waals surface area (Å²) in [5, 5.41) is 7.57. The van der Waals surface area contributed by atoms with E-state index in [2.05, 4.69) is 16.4 Å². The van der Waals surface area contributed by atoms with Crippen molar-refractivity contribution in [3.05, 3.63) is 0 Å². The van der Waals surface area contributed by atoms with Gasteiger partial charge in [-0.05, 0) is 13.3 Å². The summed E-state index contributed by atoms with van der Waals surface area (Å²) in [5.74, 6) is 0. The van der Waals surface area contributed by atoms with Crippen molar-refractivity contribution < 1.29 is 19.3 Å². The van der Waals surface area contributed by atoms with Crippen molar-refractivity contribution in [2.24, 2.45) is 0 Å². The van der Waals surface area contributed by atoms with E-state index in [1.54, 1.807) is 6.92 Å². The molecule has 4 nitrogen and oxygen atoms in total. The number of rotatable bonds is 6. The Morgan fingerprint density at radius 2 is 1.32 bits per heavy atom. The zero-order chi connectivity index (χ0) is 14.2. The Balaban J connectivity index is 0.000000290. The van der Waals surface area contributed by atoms with Gasteiger partial charge in [-0.25, -0.2) is 0 Å². The third-order valence-electron chi connectivity index (χ3n) is 2.44. The first-order valence-corrected chi connectivity index (χ1v) is 7.73. The molecular weight excluding hydrogens is 244 g/mol. The molecule has 0 aliphatic carbocycles. The molecule has 0 radical (unpaired) electrons. The Labute approximate surface area is 118 Å². The van der Waals surface area contributed by atoms with E-state index in [1.165, 1.54) is 38.5 Å². The number of hydrogen-bond acceptors (Lipinski definition) is 4. The summed E-state index contributed by atoms with van der Waals surface area (Å²) in [4.78, 5) is 0. The van der Waals surface area contributed by atoms with Gasteiger partial charge >= 0.3 is 0 Å². The molecule has 3 rings (SSSR count). The van der Waals surface area contributed by atoms with Crippen LogP contribution in [0.1, 0.15) is 52.4 Å². The first kappa shape index (κ1) is 18.8. The van der Waals surface area contributed by atoms with E-state index in [0.717, 1.165) is 33.0 Å². The third kappa shape index (κ3) is 31.9.